The van der Waals surface area contributed by atoms with Gasteiger partial charge in [0.1, 0.15) is 11.3 Å². The summed E-state index contributed by atoms with van der Waals surface area (Å²) in [7, 11) is 1.75. The Labute approximate surface area is 134 Å². The number of carbonyl (C=O) groups is 2. The van der Waals surface area contributed by atoms with Gasteiger partial charge >= 0.3 is 5.97 Å². The number of rotatable bonds is 4. The first kappa shape index (κ1) is 15.6. The zero-order valence-corrected chi connectivity index (χ0v) is 13.2. The standard InChI is InChI=1S/C18H21NO4/c1-19(11-15-10-12-5-2-3-8-16(12)23-15)17(20)13-6-4-7-14(9-13)18(21)22/h2-3,5,8,10,13-14H,4,6-7,9,11H2,1H3,(H,21,22). The number of carbonyl (C=O) groups excluding carboxylic acids is 1. The van der Waals surface area contributed by atoms with Crippen LogP contribution in [0.3, 0.4) is 0 Å². The molecule has 1 heterocycles. The van der Waals surface area contributed by atoms with E-state index in [1.165, 1.54) is 0 Å². The van der Waals surface area contributed by atoms with Crippen LogP contribution >= 0.6 is 0 Å². The zero-order chi connectivity index (χ0) is 16.4. The largest absolute Gasteiger partial charge is 0.481 e. The van der Waals surface area contributed by atoms with Gasteiger partial charge in [0.15, 0.2) is 0 Å². The predicted molar refractivity (Wildman–Crippen MR) is 85.8 cm³/mol. The van der Waals surface area contributed by atoms with Crippen molar-refractivity contribution in [3.05, 3.63) is 36.1 Å². The predicted octanol–water partition coefficient (Wildman–Crippen LogP) is 3.28. The maximum atomic E-state index is 12.6. The third-order valence-corrected chi connectivity index (χ3v) is 4.62. The van der Waals surface area contributed by atoms with Gasteiger partial charge in [0.05, 0.1) is 12.5 Å². The van der Waals surface area contributed by atoms with E-state index >= 15 is 0 Å². The summed E-state index contributed by atoms with van der Waals surface area (Å²) in [5.74, 6) is -0.622. The average molecular weight is 315 g/mol. The van der Waals surface area contributed by atoms with Crippen molar-refractivity contribution in [1.29, 1.82) is 0 Å². The lowest BCUT2D eigenvalue weighted by Gasteiger charge is -2.29. The van der Waals surface area contributed by atoms with Gasteiger partial charge in [0.2, 0.25) is 5.91 Å². The second kappa shape index (κ2) is 6.44. The highest BCUT2D eigenvalue weighted by Gasteiger charge is 2.32. The van der Waals surface area contributed by atoms with Crippen LogP contribution in [0.15, 0.2) is 34.7 Å². The van der Waals surface area contributed by atoms with Crippen LogP contribution in [-0.4, -0.2) is 28.9 Å². The minimum atomic E-state index is -0.789. The van der Waals surface area contributed by atoms with Crippen LogP contribution < -0.4 is 0 Å². The van der Waals surface area contributed by atoms with Crippen LogP contribution in [0.25, 0.3) is 11.0 Å². The number of furan rings is 1. The van der Waals surface area contributed by atoms with Crippen molar-refractivity contribution in [1.82, 2.24) is 4.90 Å². The number of aliphatic carboxylic acids is 1. The van der Waals surface area contributed by atoms with Gasteiger partial charge in [-0.2, -0.15) is 0 Å². The fourth-order valence-corrected chi connectivity index (χ4v) is 3.38. The van der Waals surface area contributed by atoms with Crippen LogP contribution in [0, 0.1) is 11.8 Å². The Hall–Kier alpha value is -2.30. The Bertz CT molecular complexity index is 688. The van der Waals surface area contributed by atoms with E-state index in [0.29, 0.717) is 19.4 Å². The molecule has 2 atom stereocenters. The topological polar surface area (TPSA) is 70.8 Å². The highest BCUT2D eigenvalue weighted by molar-refractivity contribution is 5.81. The number of hydrogen-bond donors (Lipinski definition) is 1. The van der Waals surface area contributed by atoms with E-state index in [1.54, 1.807) is 11.9 Å². The second-order valence-corrected chi connectivity index (χ2v) is 6.34. The summed E-state index contributed by atoms with van der Waals surface area (Å²) in [6, 6.07) is 9.69. The molecule has 1 N–H and O–H groups in total. The van der Waals surface area contributed by atoms with E-state index < -0.39 is 11.9 Å². The SMILES string of the molecule is CN(Cc1cc2ccccc2o1)C(=O)C1CCCC(C(=O)O)C1. The summed E-state index contributed by atoms with van der Waals surface area (Å²) in [5, 5.41) is 10.2. The van der Waals surface area contributed by atoms with Crippen LogP contribution in [0.2, 0.25) is 0 Å². The minimum absolute atomic E-state index is 0.0106. The first-order valence-electron chi connectivity index (χ1n) is 8.00. The molecule has 122 valence electrons. The molecule has 3 rings (SSSR count). The Morgan fingerprint density at radius 2 is 2.00 bits per heavy atom. The van der Waals surface area contributed by atoms with Crippen LogP contribution in [0.4, 0.5) is 0 Å². The fourth-order valence-electron chi connectivity index (χ4n) is 3.38. The summed E-state index contributed by atoms with van der Waals surface area (Å²) in [6.07, 6.45) is 2.68. The molecule has 0 spiro atoms. The molecule has 0 bridgehead atoms. The lowest BCUT2D eigenvalue weighted by molar-refractivity contribution is -0.145. The molecule has 1 aliphatic carbocycles. The van der Waals surface area contributed by atoms with E-state index in [0.717, 1.165) is 29.6 Å². The Kier molecular flexibility index (Phi) is 4.37. The van der Waals surface area contributed by atoms with E-state index in [2.05, 4.69) is 0 Å². The number of benzene rings is 1. The van der Waals surface area contributed by atoms with Crippen molar-refractivity contribution in [3.63, 3.8) is 0 Å². The van der Waals surface area contributed by atoms with E-state index in [1.807, 2.05) is 30.3 Å². The zero-order valence-electron chi connectivity index (χ0n) is 13.2. The maximum absolute atomic E-state index is 12.6. The van der Waals surface area contributed by atoms with Gasteiger partial charge in [-0.3, -0.25) is 9.59 Å². The number of amides is 1. The molecule has 5 heteroatoms. The van der Waals surface area contributed by atoms with E-state index in [4.69, 9.17) is 9.52 Å². The Morgan fingerprint density at radius 3 is 2.74 bits per heavy atom. The Balaban J connectivity index is 1.66. The molecule has 0 aliphatic heterocycles. The number of para-hydroxylation sites is 1. The van der Waals surface area contributed by atoms with Gasteiger partial charge < -0.3 is 14.4 Å². The molecule has 5 nitrogen and oxygen atoms in total. The summed E-state index contributed by atoms with van der Waals surface area (Å²) in [6.45, 7) is 0.405. The van der Waals surface area contributed by atoms with Crippen molar-refractivity contribution in [3.8, 4) is 0 Å². The molecular weight excluding hydrogens is 294 g/mol. The fraction of sp³-hybridized carbons (Fsp3) is 0.444. The second-order valence-electron chi connectivity index (χ2n) is 6.34. The van der Waals surface area contributed by atoms with Crippen molar-refractivity contribution < 1.29 is 19.1 Å². The summed E-state index contributed by atoms with van der Waals surface area (Å²) in [4.78, 5) is 25.4. The quantitative estimate of drug-likeness (QED) is 0.940. The van der Waals surface area contributed by atoms with Gasteiger partial charge in [0, 0.05) is 18.4 Å². The number of nitrogens with zero attached hydrogens (tertiary/aromatic N) is 1. The van der Waals surface area contributed by atoms with Gasteiger partial charge in [-0.1, -0.05) is 24.6 Å². The van der Waals surface area contributed by atoms with Crippen molar-refractivity contribution >= 4 is 22.8 Å². The molecule has 1 fully saturated rings. The lowest BCUT2D eigenvalue weighted by Crippen LogP contribution is -2.36. The van der Waals surface area contributed by atoms with Crippen LogP contribution in [0.1, 0.15) is 31.4 Å². The maximum Gasteiger partial charge on any atom is 0.306 e. The van der Waals surface area contributed by atoms with E-state index in [-0.39, 0.29) is 11.8 Å². The lowest BCUT2D eigenvalue weighted by atomic mass is 9.81. The van der Waals surface area contributed by atoms with Gasteiger partial charge in [-0.05, 0) is 31.4 Å². The highest BCUT2D eigenvalue weighted by Crippen LogP contribution is 2.31. The molecule has 1 aliphatic rings. The first-order chi connectivity index (χ1) is 11.0. The Morgan fingerprint density at radius 1 is 1.26 bits per heavy atom. The number of hydrogen-bond acceptors (Lipinski definition) is 3. The molecular formula is C18H21NO4. The smallest absolute Gasteiger partial charge is 0.306 e. The minimum Gasteiger partial charge on any atom is -0.481 e. The molecule has 1 aromatic carbocycles. The third kappa shape index (κ3) is 3.38. The third-order valence-electron chi connectivity index (χ3n) is 4.62. The van der Waals surface area contributed by atoms with E-state index in [9.17, 15) is 9.59 Å². The molecule has 23 heavy (non-hydrogen) atoms. The van der Waals surface area contributed by atoms with Crippen molar-refractivity contribution in [2.75, 3.05) is 7.05 Å². The van der Waals surface area contributed by atoms with Crippen molar-refractivity contribution in [2.45, 2.75) is 32.2 Å². The van der Waals surface area contributed by atoms with Gasteiger partial charge in [0.25, 0.3) is 0 Å². The van der Waals surface area contributed by atoms with Crippen molar-refractivity contribution in [2.24, 2.45) is 11.8 Å². The number of carboxylic acids is 1. The number of fused-ring (bicyclic) bond motifs is 1. The van der Waals surface area contributed by atoms with Gasteiger partial charge in [-0.25, -0.2) is 0 Å². The van der Waals surface area contributed by atoms with Gasteiger partial charge in [-0.15, -0.1) is 0 Å². The summed E-state index contributed by atoms with van der Waals surface area (Å²) in [5.41, 5.74) is 0.812. The molecule has 0 radical (unpaired) electrons. The monoisotopic (exact) mass is 315 g/mol. The summed E-state index contributed by atoms with van der Waals surface area (Å²) >= 11 is 0. The first-order valence-corrected chi connectivity index (χ1v) is 8.00. The molecule has 1 aromatic heterocycles. The molecule has 1 saturated carbocycles. The molecule has 2 unspecified atom stereocenters. The molecule has 1 amide bonds. The van der Waals surface area contributed by atoms with Crippen LogP contribution in [-0.2, 0) is 16.1 Å². The molecule has 2 aromatic rings. The average Bonchev–Trinajstić information content (AvgIpc) is 2.96. The molecule has 0 saturated heterocycles. The normalized spacial score (nSPS) is 21.3. The summed E-state index contributed by atoms with van der Waals surface area (Å²) < 4.78 is 5.75. The highest BCUT2D eigenvalue weighted by atomic mass is 16.4. The number of carboxylic acid groups (broad SMARTS) is 1. The van der Waals surface area contributed by atoms with Crippen LogP contribution in [0.5, 0.6) is 0 Å².